The minimum Gasteiger partial charge on any atom is -0.375 e. The summed E-state index contributed by atoms with van der Waals surface area (Å²) in [7, 11) is 0. The summed E-state index contributed by atoms with van der Waals surface area (Å²) >= 11 is 1.44. The largest absolute Gasteiger partial charge is 0.375 e. The van der Waals surface area contributed by atoms with Crippen molar-refractivity contribution in [1.29, 1.82) is 5.26 Å². The van der Waals surface area contributed by atoms with Crippen LogP contribution >= 0.6 is 11.3 Å². The SMILES string of the molecule is N#CCC=Cc1ccc(-c2csc(N)n2)cc1. The van der Waals surface area contributed by atoms with E-state index in [0.717, 1.165) is 16.8 Å². The highest BCUT2D eigenvalue weighted by molar-refractivity contribution is 7.13. The number of nitrogens with zero attached hydrogens (tertiary/aromatic N) is 2. The lowest BCUT2D eigenvalue weighted by atomic mass is 10.1. The minimum absolute atomic E-state index is 0.435. The molecule has 84 valence electrons. The third-order valence-corrected chi connectivity index (χ3v) is 2.92. The van der Waals surface area contributed by atoms with Crippen molar-refractivity contribution in [2.24, 2.45) is 0 Å². The van der Waals surface area contributed by atoms with Crippen molar-refractivity contribution in [3.05, 3.63) is 41.3 Å². The van der Waals surface area contributed by atoms with Crippen LogP contribution in [0, 0.1) is 11.3 Å². The molecule has 0 saturated carbocycles. The second-order valence-electron chi connectivity index (χ2n) is 3.46. The van der Waals surface area contributed by atoms with E-state index in [0.29, 0.717) is 11.6 Å². The monoisotopic (exact) mass is 241 g/mol. The van der Waals surface area contributed by atoms with Crippen molar-refractivity contribution < 1.29 is 0 Å². The Morgan fingerprint density at radius 1 is 1.35 bits per heavy atom. The Bertz CT molecular complexity index is 561. The molecule has 0 saturated heterocycles. The molecule has 0 aliphatic heterocycles. The highest BCUT2D eigenvalue weighted by Gasteiger charge is 2.01. The number of rotatable bonds is 3. The number of nitrogen functional groups attached to an aromatic ring is 1. The van der Waals surface area contributed by atoms with E-state index in [4.69, 9.17) is 11.0 Å². The molecule has 3 nitrogen and oxygen atoms in total. The van der Waals surface area contributed by atoms with Crippen molar-refractivity contribution in [3.8, 4) is 17.3 Å². The van der Waals surface area contributed by atoms with Gasteiger partial charge in [-0.3, -0.25) is 0 Å². The van der Waals surface area contributed by atoms with Crippen LogP contribution in [0.2, 0.25) is 0 Å². The molecule has 0 fully saturated rings. The average molecular weight is 241 g/mol. The topological polar surface area (TPSA) is 62.7 Å². The minimum atomic E-state index is 0.435. The fraction of sp³-hybridized carbons (Fsp3) is 0.0769. The third-order valence-electron chi connectivity index (χ3n) is 2.25. The summed E-state index contributed by atoms with van der Waals surface area (Å²) in [5, 5.41) is 10.9. The number of benzene rings is 1. The van der Waals surface area contributed by atoms with Gasteiger partial charge in [0.1, 0.15) is 0 Å². The van der Waals surface area contributed by atoms with Gasteiger partial charge in [0.2, 0.25) is 0 Å². The smallest absolute Gasteiger partial charge is 0.180 e. The highest BCUT2D eigenvalue weighted by Crippen LogP contribution is 2.23. The summed E-state index contributed by atoms with van der Waals surface area (Å²) in [4.78, 5) is 4.22. The van der Waals surface area contributed by atoms with Crippen LogP contribution in [0.1, 0.15) is 12.0 Å². The number of nitrogens with two attached hydrogens (primary N) is 1. The number of hydrogen-bond acceptors (Lipinski definition) is 4. The van der Waals surface area contributed by atoms with Crippen molar-refractivity contribution >= 4 is 22.5 Å². The molecule has 0 amide bonds. The first kappa shape index (κ1) is 11.4. The number of allylic oxidation sites excluding steroid dienone is 1. The molecule has 2 aromatic rings. The Kier molecular flexibility index (Phi) is 3.53. The molecule has 1 aromatic carbocycles. The molecule has 2 N–H and O–H groups in total. The molecule has 0 aliphatic carbocycles. The number of aromatic nitrogens is 1. The maximum atomic E-state index is 8.42. The lowest BCUT2D eigenvalue weighted by Crippen LogP contribution is -1.83. The van der Waals surface area contributed by atoms with Crippen LogP contribution in [0.4, 0.5) is 5.13 Å². The first-order valence-corrected chi connectivity index (χ1v) is 6.02. The van der Waals surface area contributed by atoms with E-state index in [1.165, 1.54) is 11.3 Å². The van der Waals surface area contributed by atoms with Crippen LogP contribution in [-0.2, 0) is 0 Å². The summed E-state index contributed by atoms with van der Waals surface area (Å²) in [5.74, 6) is 0. The van der Waals surface area contributed by atoms with Crippen LogP contribution in [0.5, 0.6) is 0 Å². The Hall–Kier alpha value is -2.12. The van der Waals surface area contributed by atoms with Crippen molar-refractivity contribution in [2.75, 3.05) is 5.73 Å². The Morgan fingerprint density at radius 2 is 2.12 bits per heavy atom. The van der Waals surface area contributed by atoms with Crippen LogP contribution in [0.3, 0.4) is 0 Å². The van der Waals surface area contributed by atoms with Gasteiger partial charge in [-0.15, -0.1) is 11.3 Å². The Balaban J connectivity index is 2.16. The Morgan fingerprint density at radius 3 is 2.71 bits per heavy atom. The predicted molar refractivity (Wildman–Crippen MR) is 71.2 cm³/mol. The lowest BCUT2D eigenvalue weighted by Gasteiger charge is -1.97. The summed E-state index contributed by atoms with van der Waals surface area (Å²) in [6.45, 7) is 0. The second-order valence-corrected chi connectivity index (χ2v) is 4.35. The van der Waals surface area contributed by atoms with E-state index in [2.05, 4.69) is 11.1 Å². The second kappa shape index (κ2) is 5.28. The van der Waals surface area contributed by atoms with Gasteiger partial charge in [0, 0.05) is 10.9 Å². The Labute approximate surface area is 104 Å². The zero-order valence-corrected chi connectivity index (χ0v) is 9.95. The van der Waals surface area contributed by atoms with Crippen LogP contribution in [0.25, 0.3) is 17.3 Å². The molecule has 0 radical (unpaired) electrons. The normalized spacial score (nSPS) is 10.5. The van der Waals surface area contributed by atoms with Gasteiger partial charge < -0.3 is 5.73 Å². The quantitative estimate of drug-likeness (QED) is 0.896. The van der Waals surface area contributed by atoms with Gasteiger partial charge in [-0.05, 0) is 5.56 Å². The summed E-state index contributed by atoms with van der Waals surface area (Å²) < 4.78 is 0. The van der Waals surface area contributed by atoms with Gasteiger partial charge in [0.25, 0.3) is 0 Å². The number of nitriles is 1. The molecule has 0 atom stereocenters. The zero-order valence-electron chi connectivity index (χ0n) is 9.13. The van der Waals surface area contributed by atoms with E-state index in [-0.39, 0.29) is 0 Å². The lowest BCUT2D eigenvalue weighted by molar-refractivity contribution is 1.36. The van der Waals surface area contributed by atoms with Crippen molar-refractivity contribution in [2.45, 2.75) is 6.42 Å². The first-order valence-electron chi connectivity index (χ1n) is 5.14. The molecule has 4 heteroatoms. The number of anilines is 1. The fourth-order valence-corrected chi connectivity index (χ4v) is 2.01. The van der Waals surface area contributed by atoms with Gasteiger partial charge >= 0.3 is 0 Å². The third kappa shape index (κ3) is 2.92. The van der Waals surface area contributed by atoms with Gasteiger partial charge in [0.15, 0.2) is 5.13 Å². The average Bonchev–Trinajstić information content (AvgIpc) is 2.77. The molecule has 2 rings (SSSR count). The van der Waals surface area contributed by atoms with Crippen molar-refractivity contribution in [1.82, 2.24) is 4.98 Å². The maximum Gasteiger partial charge on any atom is 0.180 e. The maximum absolute atomic E-state index is 8.42. The molecule has 0 aliphatic rings. The van der Waals surface area contributed by atoms with Crippen molar-refractivity contribution in [3.63, 3.8) is 0 Å². The van der Waals surface area contributed by atoms with E-state index < -0.39 is 0 Å². The molecule has 1 aromatic heterocycles. The summed E-state index contributed by atoms with van der Waals surface area (Å²) in [6, 6.07) is 10.1. The fourth-order valence-electron chi connectivity index (χ4n) is 1.43. The highest BCUT2D eigenvalue weighted by atomic mass is 32.1. The predicted octanol–water partition coefficient (Wildman–Crippen LogP) is 3.32. The van der Waals surface area contributed by atoms with Gasteiger partial charge in [-0.25, -0.2) is 4.98 Å². The van der Waals surface area contributed by atoms with Crippen LogP contribution < -0.4 is 5.73 Å². The molecular formula is C13H11N3S. The van der Waals surface area contributed by atoms with E-state index in [1.54, 1.807) is 0 Å². The summed E-state index contributed by atoms with van der Waals surface area (Å²) in [5.41, 5.74) is 8.62. The molecular weight excluding hydrogens is 230 g/mol. The molecule has 1 heterocycles. The van der Waals surface area contributed by atoms with Crippen LogP contribution in [0.15, 0.2) is 35.7 Å². The van der Waals surface area contributed by atoms with Crippen LogP contribution in [-0.4, -0.2) is 4.98 Å². The van der Waals surface area contributed by atoms with Gasteiger partial charge in [0.05, 0.1) is 18.2 Å². The molecule has 0 unspecified atom stereocenters. The molecule has 0 spiro atoms. The molecule has 0 bridgehead atoms. The van der Waals surface area contributed by atoms with E-state index in [1.807, 2.05) is 41.8 Å². The number of hydrogen-bond donors (Lipinski definition) is 1. The van der Waals surface area contributed by atoms with Gasteiger partial charge in [-0.2, -0.15) is 5.26 Å². The molecule has 17 heavy (non-hydrogen) atoms. The summed E-state index contributed by atoms with van der Waals surface area (Å²) in [6.07, 6.45) is 4.21. The van der Waals surface area contributed by atoms with E-state index in [9.17, 15) is 0 Å². The zero-order chi connectivity index (χ0) is 12.1. The van der Waals surface area contributed by atoms with Gasteiger partial charge in [-0.1, -0.05) is 36.4 Å². The standard InChI is InChI=1S/C13H11N3S/c14-8-2-1-3-10-4-6-11(7-5-10)12-9-17-13(15)16-12/h1,3-7,9H,2H2,(H2,15,16). The number of thiazole rings is 1. The first-order chi connectivity index (χ1) is 8.29. The van der Waals surface area contributed by atoms with E-state index >= 15 is 0 Å².